The molecular weight excluding hydrogens is 190 g/mol. The van der Waals surface area contributed by atoms with Crippen LogP contribution in [0.15, 0.2) is 36.2 Å². The molecular formula is C12H15NO2. The van der Waals surface area contributed by atoms with Crippen molar-refractivity contribution in [3.8, 4) is 5.75 Å². The summed E-state index contributed by atoms with van der Waals surface area (Å²) in [6.45, 7) is 2.00. The maximum atomic E-state index is 10.7. The largest absolute Gasteiger partial charge is 0.452 e. The van der Waals surface area contributed by atoms with Crippen LogP contribution in [0.5, 0.6) is 5.75 Å². The first-order valence-corrected chi connectivity index (χ1v) is 4.70. The zero-order valence-corrected chi connectivity index (χ0v) is 9.23. The Morgan fingerprint density at radius 2 is 1.87 bits per heavy atom. The second-order valence-corrected chi connectivity index (χ2v) is 3.53. The summed E-state index contributed by atoms with van der Waals surface area (Å²) >= 11 is 0. The molecule has 0 aliphatic heterocycles. The summed E-state index contributed by atoms with van der Waals surface area (Å²) in [7, 11) is 3.67. The lowest BCUT2D eigenvalue weighted by Gasteiger charge is -2.08. The van der Waals surface area contributed by atoms with Crippen molar-refractivity contribution >= 4 is 6.29 Å². The Kier molecular flexibility index (Phi) is 3.92. The first kappa shape index (κ1) is 11.3. The zero-order valence-electron chi connectivity index (χ0n) is 9.23. The molecule has 0 saturated carbocycles. The van der Waals surface area contributed by atoms with Crippen molar-refractivity contribution in [2.24, 2.45) is 0 Å². The van der Waals surface area contributed by atoms with Gasteiger partial charge in [0.2, 0.25) is 0 Å². The molecule has 0 aromatic heterocycles. The van der Waals surface area contributed by atoms with E-state index in [4.69, 9.17) is 4.74 Å². The van der Waals surface area contributed by atoms with Crippen LogP contribution in [0.2, 0.25) is 0 Å². The summed E-state index contributed by atoms with van der Waals surface area (Å²) in [6.07, 6.45) is 2.33. The molecule has 0 spiro atoms. The Morgan fingerprint density at radius 1 is 1.27 bits per heavy atom. The molecule has 1 aromatic rings. The average Bonchev–Trinajstić information content (AvgIpc) is 2.19. The van der Waals surface area contributed by atoms with E-state index in [-0.39, 0.29) is 0 Å². The van der Waals surface area contributed by atoms with Crippen molar-refractivity contribution in [2.75, 3.05) is 14.1 Å². The first-order valence-electron chi connectivity index (χ1n) is 4.70. The number of aldehydes is 1. The van der Waals surface area contributed by atoms with Gasteiger partial charge in [-0.1, -0.05) is 17.7 Å². The van der Waals surface area contributed by atoms with Crippen LogP contribution in [0.4, 0.5) is 0 Å². The van der Waals surface area contributed by atoms with Gasteiger partial charge in [0.05, 0.1) is 0 Å². The van der Waals surface area contributed by atoms with Gasteiger partial charge >= 0.3 is 0 Å². The lowest BCUT2D eigenvalue weighted by atomic mass is 10.2. The van der Waals surface area contributed by atoms with E-state index in [1.54, 1.807) is 11.1 Å². The van der Waals surface area contributed by atoms with Crippen molar-refractivity contribution in [1.29, 1.82) is 0 Å². The molecule has 0 aliphatic carbocycles. The van der Waals surface area contributed by atoms with E-state index in [0.717, 1.165) is 5.56 Å². The average molecular weight is 205 g/mol. The SMILES string of the molecule is Cc1ccc(O/C(C=O)=C\N(C)C)cc1. The topological polar surface area (TPSA) is 29.5 Å². The van der Waals surface area contributed by atoms with Crippen LogP contribution < -0.4 is 4.74 Å². The van der Waals surface area contributed by atoms with Crippen LogP contribution in [-0.2, 0) is 4.79 Å². The van der Waals surface area contributed by atoms with E-state index in [0.29, 0.717) is 17.8 Å². The van der Waals surface area contributed by atoms with Crippen molar-refractivity contribution in [2.45, 2.75) is 6.92 Å². The van der Waals surface area contributed by atoms with E-state index >= 15 is 0 Å². The smallest absolute Gasteiger partial charge is 0.186 e. The summed E-state index contributed by atoms with van der Waals surface area (Å²) in [5.41, 5.74) is 1.16. The lowest BCUT2D eigenvalue weighted by Crippen LogP contribution is -2.07. The maximum Gasteiger partial charge on any atom is 0.186 e. The standard InChI is InChI=1S/C12H15NO2/c1-10-4-6-11(7-5-10)15-12(9-14)8-13(2)3/h4-9H,1-3H3/b12-8-. The predicted octanol–water partition coefficient (Wildman–Crippen LogP) is 1.98. The number of benzene rings is 1. The van der Waals surface area contributed by atoms with E-state index in [1.807, 2.05) is 45.3 Å². The highest BCUT2D eigenvalue weighted by molar-refractivity contribution is 5.70. The number of carbonyl (C=O) groups excluding carboxylic acids is 1. The van der Waals surface area contributed by atoms with E-state index < -0.39 is 0 Å². The molecule has 0 saturated heterocycles. The Morgan fingerprint density at radius 3 is 2.33 bits per heavy atom. The van der Waals surface area contributed by atoms with Gasteiger partial charge in [0.25, 0.3) is 0 Å². The fraction of sp³-hybridized carbons (Fsp3) is 0.250. The van der Waals surface area contributed by atoms with Crippen LogP contribution >= 0.6 is 0 Å². The number of allylic oxidation sites excluding steroid dienone is 1. The van der Waals surface area contributed by atoms with Crippen molar-refractivity contribution < 1.29 is 9.53 Å². The first-order chi connectivity index (χ1) is 7.11. The van der Waals surface area contributed by atoms with E-state index in [2.05, 4.69) is 0 Å². The molecule has 3 nitrogen and oxygen atoms in total. The molecule has 0 N–H and O–H groups in total. The third-order valence-corrected chi connectivity index (χ3v) is 1.76. The fourth-order valence-electron chi connectivity index (χ4n) is 1.08. The summed E-state index contributed by atoms with van der Waals surface area (Å²) in [4.78, 5) is 12.5. The van der Waals surface area contributed by atoms with Gasteiger partial charge in [0, 0.05) is 20.3 Å². The summed E-state index contributed by atoms with van der Waals surface area (Å²) in [6, 6.07) is 7.55. The van der Waals surface area contributed by atoms with Gasteiger partial charge in [-0.2, -0.15) is 0 Å². The van der Waals surface area contributed by atoms with Crippen molar-refractivity contribution in [3.63, 3.8) is 0 Å². The Hall–Kier alpha value is -1.77. The van der Waals surface area contributed by atoms with Crippen LogP contribution in [0, 0.1) is 6.92 Å². The normalized spacial score (nSPS) is 11.0. The number of carbonyl (C=O) groups is 1. The molecule has 1 rings (SSSR count). The third-order valence-electron chi connectivity index (χ3n) is 1.76. The second-order valence-electron chi connectivity index (χ2n) is 3.53. The molecule has 15 heavy (non-hydrogen) atoms. The van der Waals surface area contributed by atoms with Crippen LogP contribution in [0.1, 0.15) is 5.56 Å². The van der Waals surface area contributed by atoms with Crippen LogP contribution in [0.25, 0.3) is 0 Å². The highest BCUT2D eigenvalue weighted by Crippen LogP contribution is 2.13. The van der Waals surface area contributed by atoms with E-state index in [1.165, 1.54) is 0 Å². The van der Waals surface area contributed by atoms with Crippen LogP contribution in [0.3, 0.4) is 0 Å². The molecule has 0 aliphatic rings. The molecule has 0 heterocycles. The highest BCUT2D eigenvalue weighted by Gasteiger charge is 1.99. The summed E-state index contributed by atoms with van der Waals surface area (Å²) in [5.74, 6) is 0.963. The van der Waals surface area contributed by atoms with Gasteiger partial charge in [-0.3, -0.25) is 4.79 Å². The summed E-state index contributed by atoms with van der Waals surface area (Å²) < 4.78 is 5.38. The highest BCUT2D eigenvalue weighted by atomic mass is 16.5. The number of rotatable bonds is 4. The molecule has 80 valence electrons. The van der Waals surface area contributed by atoms with Crippen LogP contribution in [-0.4, -0.2) is 25.3 Å². The van der Waals surface area contributed by atoms with Gasteiger partial charge in [-0.05, 0) is 19.1 Å². The Labute approximate surface area is 90.0 Å². The molecule has 0 atom stereocenters. The van der Waals surface area contributed by atoms with E-state index in [9.17, 15) is 4.79 Å². The second kappa shape index (κ2) is 5.20. The molecule has 0 fully saturated rings. The number of ether oxygens (including phenoxy) is 1. The molecule has 1 aromatic carbocycles. The molecule has 0 unspecified atom stereocenters. The Bertz CT molecular complexity index is 352. The summed E-state index contributed by atoms with van der Waals surface area (Å²) in [5, 5.41) is 0. The molecule has 0 radical (unpaired) electrons. The monoisotopic (exact) mass is 205 g/mol. The number of nitrogens with zero attached hydrogens (tertiary/aromatic N) is 1. The number of hydrogen-bond donors (Lipinski definition) is 0. The molecule has 0 bridgehead atoms. The molecule has 3 heteroatoms. The Balaban J connectivity index is 2.75. The zero-order chi connectivity index (χ0) is 11.3. The minimum Gasteiger partial charge on any atom is -0.452 e. The van der Waals surface area contributed by atoms with Gasteiger partial charge in [0.15, 0.2) is 12.0 Å². The fourth-order valence-corrected chi connectivity index (χ4v) is 1.08. The van der Waals surface area contributed by atoms with Gasteiger partial charge in [-0.15, -0.1) is 0 Å². The number of aryl methyl sites for hydroxylation is 1. The molecule has 0 amide bonds. The number of hydrogen-bond acceptors (Lipinski definition) is 3. The van der Waals surface area contributed by atoms with Gasteiger partial charge in [-0.25, -0.2) is 0 Å². The minimum absolute atomic E-state index is 0.295. The van der Waals surface area contributed by atoms with Gasteiger partial charge in [0.1, 0.15) is 5.75 Å². The quantitative estimate of drug-likeness (QED) is 0.427. The van der Waals surface area contributed by atoms with Crippen molar-refractivity contribution in [3.05, 3.63) is 41.8 Å². The minimum atomic E-state index is 0.295. The van der Waals surface area contributed by atoms with Gasteiger partial charge < -0.3 is 9.64 Å². The lowest BCUT2D eigenvalue weighted by molar-refractivity contribution is -0.106. The predicted molar refractivity (Wildman–Crippen MR) is 59.6 cm³/mol. The third kappa shape index (κ3) is 3.85. The maximum absolute atomic E-state index is 10.7. The van der Waals surface area contributed by atoms with Crippen molar-refractivity contribution in [1.82, 2.24) is 4.90 Å².